The summed E-state index contributed by atoms with van der Waals surface area (Å²) in [6.07, 6.45) is 1.20. The average Bonchev–Trinajstić information content (AvgIpc) is 3.01. The second kappa shape index (κ2) is 7.65. The first-order valence-electron chi connectivity index (χ1n) is 7.85. The smallest absolute Gasteiger partial charge is 0.318 e. The Morgan fingerprint density at radius 1 is 1.50 bits per heavy atom. The zero-order valence-corrected chi connectivity index (χ0v) is 13.5. The zero-order chi connectivity index (χ0) is 16.1. The van der Waals surface area contributed by atoms with Gasteiger partial charge in [0.1, 0.15) is 11.9 Å². The van der Waals surface area contributed by atoms with E-state index in [0.29, 0.717) is 37.9 Å². The summed E-state index contributed by atoms with van der Waals surface area (Å²) in [4.78, 5) is 14.2. The van der Waals surface area contributed by atoms with E-state index in [1.807, 2.05) is 6.92 Å². The number of carbonyl (C=O) groups is 1. The van der Waals surface area contributed by atoms with Crippen LogP contribution in [0.1, 0.15) is 39.1 Å². The Morgan fingerprint density at radius 2 is 2.27 bits per heavy atom. The lowest BCUT2D eigenvalue weighted by atomic mass is 10.0. The first-order valence-corrected chi connectivity index (χ1v) is 7.85. The van der Waals surface area contributed by atoms with Crippen molar-refractivity contribution >= 4 is 6.03 Å². The number of hydrogen-bond acceptors (Lipinski definition) is 4. The summed E-state index contributed by atoms with van der Waals surface area (Å²) in [5, 5.41) is 13.2. The minimum Gasteiger partial charge on any atom is -0.467 e. The van der Waals surface area contributed by atoms with Gasteiger partial charge < -0.3 is 24.5 Å². The van der Waals surface area contributed by atoms with Gasteiger partial charge in [0, 0.05) is 19.0 Å². The maximum absolute atomic E-state index is 12.4. The summed E-state index contributed by atoms with van der Waals surface area (Å²) < 4.78 is 10.7. The molecule has 1 saturated heterocycles. The normalized spacial score (nSPS) is 21.7. The number of aliphatic hydroxyl groups is 1. The van der Waals surface area contributed by atoms with Gasteiger partial charge in [0.15, 0.2) is 0 Å². The lowest BCUT2D eigenvalue weighted by molar-refractivity contribution is -0.0103. The predicted molar refractivity (Wildman–Crippen MR) is 82.4 cm³/mol. The standard InChI is InChI=1S/C16H26N2O4/c1-11(2)12(3)17-16(20)18-6-8-21-10-13(18)9-14(19)15-5-4-7-22-15/h4-5,7,11-14,19H,6,8-10H2,1-3H3,(H,17,20). The fourth-order valence-electron chi connectivity index (χ4n) is 2.42. The molecule has 1 aliphatic heterocycles. The van der Waals surface area contributed by atoms with Crippen molar-refractivity contribution in [3.63, 3.8) is 0 Å². The SMILES string of the molecule is CC(C)C(C)NC(=O)N1CCOCC1CC(O)c1ccco1. The van der Waals surface area contributed by atoms with E-state index in [2.05, 4.69) is 19.2 Å². The molecule has 1 aliphatic rings. The third kappa shape index (κ3) is 4.24. The fraction of sp³-hybridized carbons (Fsp3) is 0.688. The minimum absolute atomic E-state index is 0.0962. The summed E-state index contributed by atoms with van der Waals surface area (Å²) in [5.74, 6) is 0.888. The molecule has 3 unspecified atom stereocenters. The number of nitrogens with one attached hydrogen (secondary N) is 1. The van der Waals surface area contributed by atoms with E-state index >= 15 is 0 Å². The van der Waals surface area contributed by atoms with Crippen molar-refractivity contribution in [2.24, 2.45) is 5.92 Å². The van der Waals surface area contributed by atoms with E-state index < -0.39 is 6.10 Å². The number of rotatable bonds is 5. The van der Waals surface area contributed by atoms with Crippen LogP contribution in [0.4, 0.5) is 4.79 Å². The van der Waals surface area contributed by atoms with Gasteiger partial charge in [-0.05, 0) is 25.0 Å². The van der Waals surface area contributed by atoms with E-state index in [1.54, 1.807) is 17.0 Å². The van der Waals surface area contributed by atoms with Gasteiger partial charge in [-0.25, -0.2) is 4.79 Å². The first kappa shape index (κ1) is 16.8. The van der Waals surface area contributed by atoms with E-state index in [9.17, 15) is 9.90 Å². The summed E-state index contributed by atoms with van der Waals surface area (Å²) in [5.41, 5.74) is 0. The van der Waals surface area contributed by atoms with Crippen molar-refractivity contribution < 1.29 is 19.1 Å². The highest BCUT2D eigenvalue weighted by Crippen LogP contribution is 2.23. The highest BCUT2D eigenvalue weighted by molar-refractivity contribution is 5.75. The van der Waals surface area contributed by atoms with E-state index in [1.165, 1.54) is 6.26 Å². The fourth-order valence-corrected chi connectivity index (χ4v) is 2.42. The number of urea groups is 1. The van der Waals surface area contributed by atoms with Crippen molar-refractivity contribution in [2.45, 2.75) is 45.4 Å². The molecule has 124 valence electrons. The van der Waals surface area contributed by atoms with Gasteiger partial charge in [-0.2, -0.15) is 0 Å². The van der Waals surface area contributed by atoms with Gasteiger partial charge in [-0.1, -0.05) is 13.8 Å². The Balaban J connectivity index is 1.97. The highest BCUT2D eigenvalue weighted by Gasteiger charge is 2.31. The Kier molecular flexibility index (Phi) is 5.85. The maximum atomic E-state index is 12.4. The van der Waals surface area contributed by atoms with Crippen molar-refractivity contribution in [3.05, 3.63) is 24.2 Å². The summed E-state index contributed by atoms with van der Waals surface area (Å²) in [6, 6.07) is 3.32. The molecular weight excluding hydrogens is 284 g/mol. The predicted octanol–water partition coefficient (Wildman–Crippen LogP) is 2.16. The van der Waals surface area contributed by atoms with Gasteiger partial charge in [0.25, 0.3) is 0 Å². The molecule has 0 aromatic carbocycles. The number of ether oxygens (including phenoxy) is 1. The van der Waals surface area contributed by atoms with Crippen LogP contribution in [-0.4, -0.2) is 47.9 Å². The molecule has 6 nitrogen and oxygen atoms in total. The van der Waals surface area contributed by atoms with Gasteiger partial charge in [0.05, 0.1) is 25.5 Å². The Hall–Kier alpha value is -1.53. The Morgan fingerprint density at radius 3 is 2.91 bits per heavy atom. The summed E-state index contributed by atoms with van der Waals surface area (Å²) in [6.45, 7) is 7.63. The molecule has 0 radical (unpaired) electrons. The molecule has 2 rings (SSSR count). The third-order valence-corrected chi connectivity index (χ3v) is 4.21. The number of aliphatic hydroxyl groups excluding tert-OH is 1. The lowest BCUT2D eigenvalue weighted by Gasteiger charge is -2.37. The first-order chi connectivity index (χ1) is 10.5. The van der Waals surface area contributed by atoms with Gasteiger partial charge >= 0.3 is 6.03 Å². The largest absolute Gasteiger partial charge is 0.467 e. The Labute approximate surface area is 131 Å². The molecule has 2 N–H and O–H groups in total. The van der Waals surface area contributed by atoms with E-state index in [0.717, 1.165) is 0 Å². The maximum Gasteiger partial charge on any atom is 0.318 e. The second-order valence-corrected chi connectivity index (χ2v) is 6.17. The molecular formula is C16H26N2O4. The number of amides is 2. The number of hydrogen-bond donors (Lipinski definition) is 2. The molecule has 2 amide bonds. The van der Waals surface area contributed by atoms with Crippen LogP contribution in [0.5, 0.6) is 0 Å². The van der Waals surface area contributed by atoms with Crippen LogP contribution in [0.3, 0.4) is 0 Å². The zero-order valence-electron chi connectivity index (χ0n) is 13.5. The van der Waals surface area contributed by atoms with Crippen molar-refractivity contribution in [1.29, 1.82) is 0 Å². The quantitative estimate of drug-likeness (QED) is 0.874. The second-order valence-electron chi connectivity index (χ2n) is 6.17. The molecule has 1 fully saturated rings. The molecule has 0 spiro atoms. The van der Waals surface area contributed by atoms with Crippen LogP contribution in [-0.2, 0) is 4.74 Å². The summed E-state index contributed by atoms with van der Waals surface area (Å²) >= 11 is 0. The van der Waals surface area contributed by atoms with Gasteiger partial charge in [-0.15, -0.1) is 0 Å². The molecule has 0 aliphatic carbocycles. The number of nitrogens with zero attached hydrogens (tertiary/aromatic N) is 1. The number of morpholine rings is 1. The van der Waals surface area contributed by atoms with Crippen molar-refractivity contribution in [2.75, 3.05) is 19.8 Å². The monoisotopic (exact) mass is 310 g/mol. The summed E-state index contributed by atoms with van der Waals surface area (Å²) in [7, 11) is 0. The highest BCUT2D eigenvalue weighted by atomic mass is 16.5. The molecule has 3 atom stereocenters. The molecule has 1 aromatic rings. The number of furan rings is 1. The molecule has 0 saturated carbocycles. The van der Waals surface area contributed by atoms with Crippen LogP contribution in [0.2, 0.25) is 0 Å². The molecule has 2 heterocycles. The van der Waals surface area contributed by atoms with Crippen LogP contribution in [0.15, 0.2) is 22.8 Å². The van der Waals surface area contributed by atoms with Crippen LogP contribution in [0, 0.1) is 5.92 Å². The van der Waals surface area contributed by atoms with Crippen molar-refractivity contribution in [3.8, 4) is 0 Å². The van der Waals surface area contributed by atoms with Crippen LogP contribution in [0.25, 0.3) is 0 Å². The van der Waals surface area contributed by atoms with Crippen molar-refractivity contribution in [1.82, 2.24) is 10.2 Å². The molecule has 6 heteroatoms. The lowest BCUT2D eigenvalue weighted by Crippen LogP contribution is -2.55. The topological polar surface area (TPSA) is 74.9 Å². The number of carbonyl (C=O) groups excluding carboxylic acids is 1. The molecule has 22 heavy (non-hydrogen) atoms. The van der Waals surface area contributed by atoms with Crippen LogP contribution >= 0.6 is 0 Å². The van der Waals surface area contributed by atoms with Gasteiger partial charge in [0.2, 0.25) is 0 Å². The average molecular weight is 310 g/mol. The minimum atomic E-state index is -0.737. The van der Waals surface area contributed by atoms with Gasteiger partial charge in [-0.3, -0.25) is 0 Å². The molecule has 0 bridgehead atoms. The van der Waals surface area contributed by atoms with Crippen LogP contribution < -0.4 is 5.32 Å². The molecule has 1 aromatic heterocycles. The van der Waals surface area contributed by atoms with E-state index in [-0.39, 0.29) is 18.1 Å². The third-order valence-electron chi connectivity index (χ3n) is 4.21. The Bertz CT molecular complexity index is 461. The van der Waals surface area contributed by atoms with E-state index in [4.69, 9.17) is 9.15 Å².